The number of thiazole rings is 2. The zero-order valence-electron chi connectivity index (χ0n) is 50.3. The molecule has 0 amide bonds. The maximum absolute atomic E-state index is 4.18. The van der Waals surface area contributed by atoms with Crippen molar-refractivity contribution in [2.24, 2.45) is 0 Å². The summed E-state index contributed by atoms with van der Waals surface area (Å²) < 4.78 is 0. The van der Waals surface area contributed by atoms with E-state index in [1.807, 2.05) is 108 Å². The second-order valence-electron chi connectivity index (χ2n) is 20.6. The van der Waals surface area contributed by atoms with Crippen LogP contribution in [-0.2, 0) is 0 Å². The molecule has 420 valence electrons. The summed E-state index contributed by atoms with van der Waals surface area (Å²) in [6.07, 6.45) is 19.9. The smallest absolute Gasteiger partial charge is 0.130 e. The molecule has 0 unspecified atom stereocenters. The topological polar surface area (TPSA) is 116 Å². The normalized spacial score (nSPS) is 10.2. The summed E-state index contributed by atoms with van der Waals surface area (Å²) in [5.74, 6) is 6.12. The van der Waals surface area contributed by atoms with Crippen LogP contribution in [-0.4, -0.2) is 44.9 Å². The molecule has 8 heterocycles. The van der Waals surface area contributed by atoms with E-state index in [1.165, 1.54) is 25.9 Å². The van der Waals surface area contributed by atoms with Gasteiger partial charge in [0.1, 0.15) is 5.82 Å². The van der Waals surface area contributed by atoms with Crippen molar-refractivity contribution in [2.45, 2.75) is 178 Å². The standard InChI is InChI=1S/C9H12.3C8H11N.2C7H10N2.C7H10S.2C6H9NS/c1-8(2)9-6-4-3-5-7-9;1-7(2)8-4-3-5-9-6-8;2*1-7(2)8-5-3-4-6-9-8;1-6(2)7-5-8-3-4-9-7;1-6(2)7-8-4-3-5-9-7;1-6(2)7-4-3-5-8-7;1-5(2)6-3-7-4-8-6;1-5(2)6-7-3-4-8-6/h3-8H,1-2H3;3*3-7H,1-2H3;2*3-6H,1-2H3;3-6H,1-2H3;2*3-5H,1-2H3. The van der Waals surface area contributed by atoms with Gasteiger partial charge < -0.3 is 0 Å². The summed E-state index contributed by atoms with van der Waals surface area (Å²) >= 11 is 5.27. The van der Waals surface area contributed by atoms with Crippen LogP contribution in [0.2, 0.25) is 0 Å². The van der Waals surface area contributed by atoms with Crippen LogP contribution < -0.4 is 0 Å². The quantitative estimate of drug-likeness (QED) is 0.139. The summed E-state index contributed by atoms with van der Waals surface area (Å²) in [6, 6.07) is 32.7. The molecule has 0 aliphatic heterocycles. The van der Waals surface area contributed by atoms with E-state index in [1.54, 1.807) is 59.9 Å². The lowest BCUT2D eigenvalue weighted by Gasteiger charge is -2.01. The Labute approximate surface area is 484 Å². The maximum Gasteiger partial charge on any atom is 0.130 e. The molecule has 0 fully saturated rings. The monoisotopic (exact) mass is 1110 g/mol. The molecule has 9 nitrogen and oxygen atoms in total. The molecule has 0 aliphatic rings. The van der Waals surface area contributed by atoms with Gasteiger partial charge in [0.05, 0.1) is 16.2 Å². The maximum atomic E-state index is 4.18. The van der Waals surface area contributed by atoms with Gasteiger partial charge in [0, 0.05) is 107 Å². The second-order valence-corrected chi connectivity index (χ2v) is 23.4. The van der Waals surface area contributed by atoms with Crippen molar-refractivity contribution in [3.05, 3.63) is 230 Å². The van der Waals surface area contributed by atoms with Crippen molar-refractivity contribution >= 4 is 34.0 Å². The molecule has 0 saturated heterocycles. The Morgan fingerprint density at radius 1 is 0.282 bits per heavy atom. The van der Waals surface area contributed by atoms with Crippen LogP contribution in [0.5, 0.6) is 0 Å². The molecule has 12 heteroatoms. The summed E-state index contributed by atoms with van der Waals surface area (Å²) in [6.45, 7) is 38.7. The van der Waals surface area contributed by atoms with Gasteiger partial charge >= 0.3 is 0 Å². The van der Waals surface area contributed by atoms with Gasteiger partial charge in [-0.2, -0.15) is 0 Å². The van der Waals surface area contributed by atoms with E-state index in [2.05, 4.69) is 217 Å². The van der Waals surface area contributed by atoms with Crippen molar-refractivity contribution in [1.29, 1.82) is 0 Å². The third-order valence-corrected chi connectivity index (χ3v) is 14.1. The van der Waals surface area contributed by atoms with Crippen LogP contribution in [0, 0.1) is 0 Å². The van der Waals surface area contributed by atoms with E-state index in [0.29, 0.717) is 53.3 Å². The van der Waals surface area contributed by atoms with Gasteiger partial charge in [-0.05, 0) is 100 Å². The predicted octanol–water partition coefficient (Wildman–Crippen LogP) is 20.0. The average Bonchev–Trinajstić information content (AvgIpc) is 4.31. The molecule has 0 atom stereocenters. The Balaban J connectivity index is 0.000000439. The van der Waals surface area contributed by atoms with Crippen molar-refractivity contribution < 1.29 is 0 Å². The molecule has 78 heavy (non-hydrogen) atoms. The summed E-state index contributed by atoms with van der Waals surface area (Å²) in [5, 5.41) is 5.36. The highest BCUT2D eigenvalue weighted by Gasteiger charge is 2.01. The molecule has 0 saturated carbocycles. The van der Waals surface area contributed by atoms with E-state index in [-0.39, 0.29) is 0 Å². The first-order valence-corrected chi connectivity index (χ1v) is 30.0. The number of hydrogen-bond acceptors (Lipinski definition) is 12. The van der Waals surface area contributed by atoms with Gasteiger partial charge in [0.2, 0.25) is 0 Å². The fourth-order valence-electron chi connectivity index (χ4n) is 5.86. The fourth-order valence-corrected chi connectivity index (χ4v) is 7.89. The van der Waals surface area contributed by atoms with Crippen molar-refractivity contribution in [2.75, 3.05) is 0 Å². The Bertz CT molecular complexity index is 2200. The Morgan fingerprint density at radius 2 is 0.808 bits per heavy atom. The van der Waals surface area contributed by atoms with Crippen molar-refractivity contribution in [1.82, 2.24) is 44.9 Å². The number of pyridine rings is 3. The lowest BCUT2D eigenvalue weighted by Crippen LogP contribution is -1.93. The highest BCUT2D eigenvalue weighted by atomic mass is 32.1. The number of benzene rings is 1. The van der Waals surface area contributed by atoms with Gasteiger partial charge in [-0.15, -0.1) is 34.0 Å². The minimum absolute atomic E-state index is 0.436. The minimum atomic E-state index is 0.436. The zero-order chi connectivity index (χ0) is 58.1. The van der Waals surface area contributed by atoms with E-state index < -0.39 is 0 Å². The first kappa shape index (κ1) is 69.8. The number of rotatable bonds is 9. The van der Waals surface area contributed by atoms with Crippen LogP contribution in [0.15, 0.2) is 181 Å². The molecule has 9 rings (SSSR count). The summed E-state index contributed by atoms with van der Waals surface area (Å²) in [4.78, 5) is 39.5. The third kappa shape index (κ3) is 33.8. The largest absolute Gasteiger partial charge is 0.264 e. The Morgan fingerprint density at radius 3 is 1.08 bits per heavy atom. The molecular weight excluding hydrogens is 1010 g/mol. The number of hydrogen-bond donors (Lipinski definition) is 0. The van der Waals surface area contributed by atoms with Gasteiger partial charge in [-0.3, -0.25) is 29.9 Å². The van der Waals surface area contributed by atoms with Crippen LogP contribution in [0.4, 0.5) is 0 Å². The van der Waals surface area contributed by atoms with Crippen LogP contribution in [0.25, 0.3) is 0 Å². The molecule has 1 aromatic carbocycles. The number of nitrogens with zero attached hydrogens (tertiary/aromatic N) is 9. The SMILES string of the molecule is CC(C)c1ccccc1.CC(C)c1ccccn1.CC(C)c1ccccn1.CC(C)c1cccnc1.CC(C)c1cccs1.CC(C)c1cnccn1.CC(C)c1cncs1.CC(C)c1ncccn1.CC(C)c1nccs1. The summed E-state index contributed by atoms with van der Waals surface area (Å²) in [7, 11) is 0. The average molecular weight is 1110 g/mol. The molecule has 0 spiro atoms. The highest BCUT2D eigenvalue weighted by Crippen LogP contribution is 2.20. The molecule has 0 N–H and O–H groups in total. The molecule has 0 radical (unpaired) electrons. The van der Waals surface area contributed by atoms with E-state index in [9.17, 15) is 0 Å². The highest BCUT2D eigenvalue weighted by molar-refractivity contribution is 7.10. The van der Waals surface area contributed by atoms with E-state index >= 15 is 0 Å². The molecular formula is C66H93N9S3. The number of thiophene rings is 1. The fraction of sp³-hybridized carbons (Fsp3) is 0.409. The summed E-state index contributed by atoms with van der Waals surface area (Å²) in [5.41, 5.74) is 7.97. The number of aromatic nitrogens is 9. The van der Waals surface area contributed by atoms with Crippen LogP contribution in [0.3, 0.4) is 0 Å². The van der Waals surface area contributed by atoms with E-state index in [4.69, 9.17) is 0 Å². The predicted molar refractivity (Wildman–Crippen MR) is 339 cm³/mol. The van der Waals surface area contributed by atoms with Crippen molar-refractivity contribution in [3.63, 3.8) is 0 Å². The van der Waals surface area contributed by atoms with Crippen LogP contribution in [0.1, 0.15) is 227 Å². The van der Waals surface area contributed by atoms with Gasteiger partial charge in [-0.1, -0.05) is 179 Å². The second kappa shape index (κ2) is 42.8. The van der Waals surface area contributed by atoms with Gasteiger partial charge in [-0.25, -0.2) is 15.0 Å². The third-order valence-electron chi connectivity index (χ3n) is 10.7. The van der Waals surface area contributed by atoms with E-state index in [0.717, 1.165) is 22.9 Å². The molecule has 9 aromatic rings. The minimum Gasteiger partial charge on any atom is -0.264 e. The van der Waals surface area contributed by atoms with Crippen LogP contribution >= 0.6 is 34.0 Å². The molecule has 0 bridgehead atoms. The van der Waals surface area contributed by atoms with Crippen molar-refractivity contribution in [3.8, 4) is 0 Å². The lowest BCUT2D eigenvalue weighted by molar-refractivity contribution is 0.774. The Hall–Kier alpha value is -6.21. The van der Waals surface area contributed by atoms with Gasteiger partial charge in [0.25, 0.3) is 0 Å². The Kier molecular flexibility index (Phi) is 38.3. The molecule has 8 aromatic heterocycles. The molecule has 0 aliphatic carbocycles. The zero-order valence-corrected chi connectivity index (χ0v) is 52.7. The lowest BCUT2D eigenvalue weighted by atomic mass is 10.0. The van der Waals surface area contributed by atoms with Gasteiger partial charge in [0.15, 0.2) is 0 Å². The first-order valence-electron chi connectivity index (χ1n) is 27.3. The first-order chi connectivity index (χ1) is 37.2.